The van der Waals surface area contributed by atoms with Crippen LogP contribution in [-0.2, 0) is 11.2 Å². The van der Waals surface area contributed by atoms with E-state index < -0.39 is 0 Å². The van der Waals surface area contributed by atoms with E-state index in [4.69, 9.17) is 4.74 Å². The van der Waals surface area contributed by atoms with Crippen molar-refractivity contribution >= 4 is 0 Å². The fourth-order valence-electron chi connectivity index (χ4n) is 3.36. The van der Waals surface area contributed by atoms with Gasteiger partial charge < -0.3 is 10.1 Å². The van der Waals surface area contributed by atoms with Gasteiger partial charge in [-0.15, -0.1) is 0 Å². The maximum Gasteiger partial charge on any atom is 0.0697 e. The van der Waals surface area contributed by atoms with E-state index in [0.717, 1.165) is 13.2 Å². The van der Waals surface area contributed by atoms with E-state index in [9.17, 15) is 0 Å². The molecule has 3 rings (SSSR count). The maximum absolute atomic E-state index is 5.97. The first kappa shape index (κ1) is 13.1. The highest BCUT2D eigenvalue weighted by Gasteiger charge is 2.42. The lowest BCUT2D eigenvalue weighted by Gasteiger charge is -2.47. The number of benzene rings is 1. The van der Waals surface area contributed by atoms with Gasteiger partial charge in [-0.1, -0.05) is 30.3 Å². The van der Waals surface area contributed by atoms with Crippen LogP contribution >= 0.6 is 0 Å². The Kier molecular flexibility index (Phi) is 4.19. The van der Waals surface area contributed by atoms with Crippen molar-refractivity contribution in [2.45, 2.75) is 56.6 Å². The lowest BCUT2D eigenvalue weighted by atomic mass is 9.74. The molecule has 2 nitrogen and oxygen atoms in total. The van der Waals surface area contributed by atoms with Crippen LogP contribution in [0.25, 0.3) is 0 Å². The minimum absolute atomic E-state index is 0.273. The fourth-order valence-corrected chi connectivity index (χ4v) is 3.36. The molecule has 1 aromatic carbocycles. The summed E-state index contributed by atoms with van der Waals surface area (Å²) in [7, 11) is 0. The summed E-state index contributed by atoms with van der Waals surface area (Å²) in [6.45, 7) is 2.09. The third-order valence-corrected chi connectivity index (χ3v) is 4.68. The number of hydrogen-bond donors (Lipinski definition) is 1. The predicted octanol–water partition coefficient (Wildman–Crippen LogP) is 3.31. The van der Waals surface area contributed by atoms with Crippen molar-refractivity contribution in [3.05, 3.63) is 35.9 Å². The molecule has 0 bridgehead atoms. The van der Waals surface area contributed by atoms with E-state index in [2.05, 4.69) is 35.6 Å². The Bertz CT molecular complexity index is 386. The molecule has 1 spiro atoms. The summed E-state index contributed by atoms with van der Waals surface area (Å²) in [4.78, 5) is 0. The lowest BCUT2D eigenvalue weighted by molar-refractivity contribution is -0.135. The van der Waals surface area contributed by atoms with Gasteiger partial charge in [-0.2, -0.15) is 0 Å². The summed E-state index contributed by atoms with van der Waals surface area (Å²) in [6.07, 6.45) is 8.77. The predicted molar refractivity (Wildman–Crippen MR) is 78.3 cm³/mol. The van der Waals surface area contributed by atoms with E-state index in [-0.39, 0.29) is 5.60 Å². The van der Waals surface area contributed by atoms with E-state index in [1.807, 2.05) is 0 Å². The van der Waals surface area contributed by atoms with Gasteiger partial charge in [0.1, 0.15) is 0 Å². The van der Waals surface area contributed by atoms with Gasteiger partial charge in [-0.3, -0.25) is 0 Å². The molecule has 1 N–H and O–H groups in total. The molecule has 104 valence electrons. The smallest absolute Gasteiger partial charge is 0.0697 e. The molecule has 1 saturated carbocycles. The van der Waals surface area contributed by atoms with Crippen molar-refractivity contribution in [1.82, 2.24) is 5.32 Å². The van der Waals surface area contributed by atoms with Crippen LogP contribution in [0, 0.1) is 0 Å². The highest BCUT2D eigenvalue weighted by Crippen LogP contribution is 2.42. The quantitative estimate of drug-likeness (QED) is 0.819. The Morgan fingerprint density at radius 2 is 2.05 bits per heavy atom. The van der Waals surface area contributed by atoms with Gasteiger partial charge in [0, 0.05) is 12.6 Å². The second-order valence-corrected chi connectivity index (χ2v) is 6.12. The zero-order valence-electron chi connectivity index (χ0n) is 11.7. The van der Waals surface area contributed by atoms with E-state index in [1.165, 1.54) is 50.5 Å². The van der Waals surface area contributed by atoms with E-state index in [1.54, 1.807) is 0 Å². The van der Waals surface area contributed by atoms with Crippen LogP contribution in [-0.4, -0.2) is 24.8 Å². The van der Waals surface area contributed by atoms with Gasteiger partial charge >= 0.3 is 0 Å². The first-order valence-corrected chi connectivity index (χ1v) is 7.78. The second-order valence-electron chi connectivity index (χ2n) is 6.12. The molecule has 1 heterocycles. The molecule has 1 atom stereocenters. The molecule has 1 aliphatic heterocycles. The van der Waals surface area contributed by atoms with Crippen LogP contribution in [0.5, 0.6) is 0 Å². The van der Waals surface area contributed by atoms with Crippen LogP contribution in [0.15, 0.2) is 30.3 Å². The third-order valence-electron chi connectivity index (χ3n) is 4.68. The topological polar surface area (TPSA) is 21.3 Å². The molecular weight excluding hydrogens is 234 g/mol. The molecule has 0 amide bonds. The Hall–Kier alpha value is -0.860. The largest absolute Gasteiger partial charge is 0.375 e. The molecule has 1 unspecified atom stereocenters. The number of hydrogen-bond acceptors (Lipinski definition) is 2. The SMILES string of the molecule is c1ccc(CCCNC2CCOC3(CCC3)C2)cc1. The summed E-state index contributed by atoms with van der Waals surface area (Å²) >= 11 is 0. The van der Waals surface area contributed by atoms with Crippen molar-refractivity contribution in [1.29, 1.82) is 0 Å². The van der Waals surface area contributed by atoms with Crippen molar-refractivity contribution in [3.63, 3.8) is 0 Å². The summed E-state index contributed by atoms with van der Waals surface area (Å²) in [5.74, 6) is 0. The Labute approximate surface area is 116 Å². The molecule has 2 heteroatoms. The zero-order chi connectivity index (χ0) is 13.0. The van der Waals surface area contributed by atoms with Gasteiger partial charge in [0.2, 0.25) is 0 Å². The highest BCUT2D eigenvalue weighted by molar-refractivity contribution is 5.14. The van der Waals surface area contributed by atoms with Gasteiger partial charge in [0.05, 0.1) is 5.60 Å². The van der Waals surface area contributed by atoms with Gasteiger partial charge in [0.25, 0.3) is 0 Å². The van der Waals surface area contributed by atoms with Gasteiger partial charge in [0.15, 0.2) is 0 Å². The van der Waals surface area contributed by atoms with Gasteiger partial charge in [-0.05, 0) is 57.1 Å². The third kappa shape index (κ3) is 3.37. The summed E-state index contributed by atoms with van der Waals surface area (Å²) in [5, 5.41) is 3.74. The molecule has 19 heavy (non-hydrogen) atoms. The summed E-state index contributed by atoms with van der Waals surface area (Å²) in [5.41, 5.74) is 1.72. The molecule has 1 aliphatic carbocycles. The first-order valence-electron chi connectivity index (χ1n) is 7.78. The monoisotopic (exact) mass is 259 g/mol. The molecule has 2 aliphatic rings. The van der Waals surface area contributed by atoms with Crippen molar-refractivity contribution in [2.75, 3.05) is 13.2 Å². The number of rotatable bonds is 5. The molecule has 0 radical (unpaired) electrons. The van der Waals surface area contributed by atoms with Crippen molar-refractivity contribution in [3.8, 4) is 0 Å². The Balaban J connectivity index is 1.36. The molecule has 1 aromatic rings. The van der Waals surface area contributed by atoms with Crippen LogP contribution in [0.4, 0.5) is 0 Å². The van der Waals surface area contributed by atoms with Crippen LogP contribution in [0.1, 0.15) is 44.1 Å². The average molecular weight is 259 g/mol. The minimum atomic E-state index is 0.273. The number of nitrogens with one attached hydrogen (secondary N) is 1. The molecule has 1 saturated heterocycles. The fraction of sp³-hybridized carbons (Fsp3) is 0.647. The highest BCUT2D eigenvalue weighted by atomic mass is 16.5. The number of ether oxygens (including phenoxy) is 1. The standard InChI is InChI=1S/C17H25NO/c1-2-6-15(7-3-1)8-4-12-18-16-9-13-19-17(14-16)10-5-11-17/h1-3,6-7,16,18H,4-5,8-14H2. The van der Waals surface area contributed by atoms with Gasteiger partial charge in [-0.25, -0.2) is 0 Å². The zero-order valence-corrected chi connectivity index (χ0v) is 11.7. The minimum Gasteiger partial charge on any atom is -0.375 e. The summed E-state index contributed by atoms with van der Waals surface area (Å²) < 4.78 is 5.97. The van der Waals surface area contributed by atoms with Crippen LogP contribution in [0.2, 0.25) is 0 Å². The average Bonchev–Trinajstić information content (AvgIpc) is 2.43. The Morgan fingerprint density at radius 1 is 1.21 bits per heavy atom. The molecular formula is C17H25NO. The van der Waals surface area contributed by atoms with Crippen molar-refractivity contribution in [2.24, 2.45) is 0 Å². The maximum atomic E-state index is 5.97. The van der Waals surface area contributed by atoms with Crippen molar-refractivity contribution < 1.29 is 4.74 Å². The lowest BCUT2D eigenvalue weighted by Crippen LogP contribution is -2.51. The molecule has 0 aromatic heterocycles. The number of aryl methyl sites for hydroxylation is 1. The van der Waals surface area contributed by atoms with E-state index >= 15 is 0 Å². The first-order chi connectivity index (χ1) is 9.36. The second kappa shape index (κ2) is 6.06. The van der Waals surface area contributed by atoms with Crippen LogP contribution in [0.3, 0.4) is 0 Å². The summed E-state index contributed by atoms with van der Waals surface area (Å²) in [6, 6.07) is 11.5. The normalized spacial score (nSPS) is 25.2. The Morgan fingerprint density at radius 3 is 2.79 bits per heavy atom. The van der Waals surface area contributed by atoms with E-state index in [0.29, 0.717) is 6.04 Å². The van der Waals surface area contributed by atoms with Crippen LogP contribution < -0.4 is 5.32 Å². The molecule has 2 fully saturated rings.